The Hall–Kier alpha value is -0.610. The number of benzene rings is 1. The first-order chi connectivity index (χ1) is 8.19. The van der Waals surface area contributed by atoms with Crippen molar-refractivity contribution in [1.82, 2.24) is 4.90 Å². The number of hydrogen-bond donors (Lipinski definition) is 1. The summed E-state index contributed by atoms with van der Waals surface area (Å²) in [4.78, 5) is 2.34. The Labute approximate surface area is 107 Å². The van der Waals surface area contributed by atoms with Gasteiger partial charge < -0.3 is 10.5 Å². The number of morpholine rings is 1. The average Bonchev–Trinajstić information content (AvgIpc) is 2.33. The number of nitrogens with two attached hydrogens (primary N) is 1. The lowest BCUT2D eigenvalue weighted by Gasteiger charge is -2.32. The monoisotopic (exact) mass is 254 g/mol. The van der Waals surface area contributed by atoms with E-state index in [-0.39, 0.29) is 6.10 Å². The summed E-state index contributed by atoms with van der Waals surface area (Å²) in [5.41, 5.74) is 8.00. The molecule has 94 valence electrons. The SMILES string of the molecule is Cc1ccc(CN2CCOC(CN)C2)c(Cl)c1. The number of nitrogens with zero attached hydrogens (tertiary/aromatic N) is 1. The minimum absolute atomic E-state index is 0.160. The predicted octanol–water partition coefficient (Wildman–Crippen LogP) is 1.81. The zero-order chi connectivity index (χ0) is 12.3. The molecule has 4 heteroatoms. The van der Waals surface area contributed by atoms with E-state index in [4.69, 9.17) is 22.1 Å². The van der Waals surface area contributed by atoms with Gasteiger partial charge in [-0.1, -0.05) is 23.7 Å². The van der Waals surface area contributed by atoms with E-state index in [1.807, 2.05) is 6.07 Å². The topological polar surface area (TPSA) is 38.5 Å². The molecule has 1 aromatic carbocycles. The maximum atomic E-state index is 6.24. The first-order valence-electron chi connectivity index (χ1n) is 5.98. The summed E-state index contributed by atoms with van der Waals surface area (Å²) >= 11 is 6.24. The van der Waals surface area contributed by atoms with Crippen molar-refractivity contribution in [3.63, 3.8) is 0 Å². The maximum Gasteiger partial charge on any atom is 0.0824 e. The highest BCUT2D eigenvalue weighted by atomic mass is 35.5. The normalized spacial score (nSPS) is 21.7. The molecule has 0 bridgehead atoms. The highest BCUT2D eigenvalue weighted by Crippen LogP contribution is 2.20. The fourth-order valence-corrected chi connectivity index (χ4v) is 2.38. The smallest absolute Gasteiger partial charge is 0.0824 e. The van der Waals surface area contributed by atoms with Gasteiger partial charge >= 0.3 is 0 Å². The van der Waals surface area contributed by atoms with Gasteiger partial charge in [0.25, 0.3) is 0 Å². The molecule has 0 amide bonds. The molecule has 0 aliphatic carbocycles. The third-order valence-corrected chi connectivity index (χ3v) is 3.44. The standard InChI is InChI=1S/C13H19ClN2O/c1-10-2-3-11(13(14)6-10)8-16-4-5-17-12(7-15)9-16/h2-3,6,12H,4-5,7-9,15H2,1H3. The van der Waals surface area contributed by atoms with Crippen LogP contribution >= 0.6 is 11.6 Å². The van der Waals surface area contributed by atoms with Gasteiger partial charge in [-0.2, -0.15) is 0 Å². The molecule has 3 nitrogen and oxygen atoms in total. The van der Waals surface area contributed by atoms with Crippen LogP contribution in [0.25, 0.3) is 0 Å². The molecule has 0 radical (unpaired) electrons. The molecular formula is C13H19ClN2O. The van der Waals surface area contributed by atoms with Crippen molar-refractivity contribution in [3.05, 3.63) is 34.3 Å². The third-order valence-electron chi connectivity index (χ3n) is 3.09. The number of hydrogen-bond acceptors (Lipinski definition) is 3. The summed E-state index contributed by atoms with van der Waals surface area (Å²) < 4.78 is 5.54. The molecular weight excluding hydrogens is 236 g/mol. The predicted molar refractivity (Wildman–Crippen MR) is 70.3 cm³/mol. The molecule has 1 fully saturated rings. The van der Waals surface area contributed by atoms with Crippen molar-refractivity contribution in [2.75, 3.05) is 26.2 Å². The lowest BCUT2D eigenvalue weighted by Crippen LogP contribution is -2.45. The quantitative estimate of drug-likeness (QED) is 0.894. The Kier molecular flexibility index (Phi) is 4.40. The van der Waals surface area contributed by atoms with Crippen LogP contribution in [0, 0.1) is 6.92 Å². The van der Waals surface area contributed by atoms with Crippen LogP contribution in [0.5, 0.6) is 0 Å². The van der Waals surface area contributed by atoms with Gasteiger partial charge in [0, 0.05) is 31.2 Å². The Balaban J connectivity index is 2.00. The van der Waals surface area contributed by atoms with Crippen LogP contribution in [0.1, 0.15) is 11.1 Å². The molecule has 1 atom stereocenters. The number of halogens is 1. The second kappa shape index (κ2) is 5.83. The highest BCUT2D eigenvalue weighted by Gasteiger charge is 2.19. The summed E-state index contributed by atoms with van der Waals surface area (Å²) in [6.07, 6.45) is 0.160. The fourth-order valence-electron chi connectivity index (χ4n) is 2.09. The Morgan fingerprint density at radius 2 is 2.35 bits per heavy atom. The van der Waals surface area contributed by atoms with E-state index < -0.39 is 0 Å². The first kappa shape index (κ1) is 12.8. The van der Waals surface area contributed by atoms with E-state index in [9.17, 15) is 0 Å². The number of ether oxygens (including phenoxy) is 1. The van der Waals surface area contributed by atoms with E-state index in [0.29, 0.717) is 6.54 Å². The van der Waals surface area contributed by atoms with Crippen LogP contribution in [0.2, 0.25) is 5.02 Å². The van der Waals surface area contributed by atoms with Crippen molar-refractivity contribution in [3.8, 4) is 0 Å². The summed E-state index contributed by atoms with van der Waals surface area (Å²) in [5.74, 6) is 0. The number of rotatable bonds is 3. The maximum absolute atomic E-state index is 6.24. The zero-order valence-corrected chi connectivity index (χ0v) is 10.9. The van der Waals surface area contributed by atoms with Gasteiger partial charge in [0.05, 0.1) is 12.7 Å². The van der Waals surface area contributed by atoms with Crippen LogP contribution in [0.3, 0.4) is 0 Å². The van der Waals surface area contributed by atoms with Crippen LogP contribution in [0.15, 0.2) is 18.2 Å². The largest absolute Gasteiger partial charge is 0.374 e. The van der Waals surface area contributed by atoms with Crippen molar-refractivity contribution in [2.24, 2.45) is 5.73 Å². The molecule has 0 aromatic heterocycles. The van der Waals surface area contributed by atoms with E-state index in [2.05, 4.69) is 24.0 Å². The van der Waals surface area contributed by atoms with Gasteiger partial charge in [-0.25, -0.2) is 0 Å². The summed E-state index contributed by atoms with van der Waals surface area (Å²) in [6.45, 7) is 6.10. The molecule has 1 heterocycles. The van der Waals surface area contributed by atoms with Gasteiger partial charge in [0.2, 0.25) is 0 Å². The molecule has 2 N–H and O–H groups in total. The van der Waals surface area contributed by atoms with Crippen molar-refractivity contribution in [1.29, 1.82) is 0 Å². The third kappa shape index (κ3) is 3.42. The van der Waals surface area contributed by atoms with Gasteiger partial charge in [0.15, 0.2) is 0 Å². The van der Waals surface area contributed by atoms with Crippen LogP contribution in [-0.4, -0.2) is 37.2 Å². The Bertz CT molecular complexity index is 384. The molecule has 2 rings (SSSR count). The molecule has 1 aromatic rings. The molecule has 17 heavy (non-hydrogen) atoms. The number of aryl methyl sites for hydroxylation is 1. The lowest BCUT2D eigenvalue weighted by atomic mass is 10.1. The van der Waals surface area contributed by atoms with Crippen molar-refractivity contribution < 1.29 is 4.74 Å². The lowest BCUT2D eigenvalue weighted by molar-refractivity contribution is -0.0260. The van der Waals surface area contributed by atoms with Crippen molar-refractivity contribution in [2.45, 2.75) is 19.6 Å². The van der Waals surface area contributed by atoms with Gasteiger partial charge in [-0.05, 0) is 24.1 Å². The zero-order valence-electron chi connectivity index (χ0n) is 10.2. The Morgan fingerprint density at radius 3 is 3.06 bits per heavy atom. The van der Waals surface area contributed by atoms with Crippen LogP contribution in [0.4, 0.5) is 0 Å². The molecule has 0 saturated carbocycles. The Morgan fingerprint density at radius 1 is 1.53 bits per heavy atom. The van der Waals surface area contributed by atoms with Crippen LogP contribution in [-0.2, 0) is 11.3 Å². The molecule has 1 aliphatic heterocycles. The van der Waals surface area contributed by atoms with Crippen molar-refractivity contribution >= 4 is 11.6 Å². The average molecular weight is 255 g/mol. The van der Waals surface area contributed by atoms with E-state index in [1.54, 1.807) is 0 Å². The second-order valence-corrected chi connectivity index (χ2v) is 4.97. The minimum Gasteiger partial charge on any atom is -0.374 e. The van der Waals surface area contributed by atoms with Gasteiger partial charge in [0.1, 0.15) is 0 Å². The van der Waals surface area contributed by atoms with Gasteiger partial charge in [-0.3, -0.25) is 4.90 Å². The van der Waals surface area contributed by atoms with E-state index in [0.717, 1.165) is 31.3 Å². The van der Waals surface area contributed by atoms with Gasteiger partial charge in [-0.15, -0.1) is 0 Å². The fraction of sp³-hybridized carbons (Fsp3) is 0.538. The van der Waals surface area contributed by atoms with E-state index >= 15 is 0 Å². The first-order valence-corrected chi connectivity index (χ1v) is 6.36. The molecule has 0 spiro atoms. The van der Waals surface area contributed by atoms with Crippen LogP contribution < -0.4 is 5.73 Å². The summed E-state index contributed by atoms with van der Waals surface area (Å²) in [7, 11) is 0. The van der Waals surface area contributed by atoms with E-state index in [1.165, 1.54) is 11.1 Å². The second-order valence-electron chi connectivity index (χ2n) is 4.56. The summed E-state index contributed by atoms with van der Waals surface area (Å²) in [5, 5.41) is 0.848. The highest BCUT2D eigenvalue weighted by molar-refractivity contribution is 6.31. The molecule has 1 saturated heterocycles. The minimum atomic E-state index is 0.160. The summed E-state index contributed by atoms with van der Waals surface area (Å²) in [6, 6.07) is 6.21. The molecule has 1 unspecified atom stereocenters. The molecule has 1 aliphatic rings.